The molecule has 0 saturated carbocycles. The Bertz CT molecular complexity index is 307. The van der Waals surface area contributed by atoms with Crippen LogP contribution in [0.2, 0.25) is 0 Å². The van der Waals surface area contributed by atoms with Gasteiger partial charge in [0.15, 0.2) is 0 Å². The first-order valence-electron chi connectivity index (χ1n) is 5.33. The Kier molecular flexibility index (Phi) is 5.82. The van der Waals surface area contributed by atoms with E-state index in [1.54, 1.807) is 19.2 Å². The second-order valence-electron chi connectivity index (χ2n) is 3.62. The average Bonchev–Trinajstić information content (AvgIpc) is 2.25. The van der Waals surface area contributed by atoms with Gasteiger partial charge in [-0.15, -0.1) is 0 Å². The molecule has 3 nitrogen and oxygen atoms in total. The number of nitrogens with one attached hydrogen (secondary N) is 1. The standard InChI is InChI=1S/C12H18FNO2/c1-10(9-15-2)14-6-7-16-12-5-3-4-11(13)8-12/h3-5,8,10,14H,6-7,9H2,1-2H3. The fourth-order valence-corrected chi connectivity index (χ4v) is 1.34. The van der Waals surface area contributed by atoms with Gasteiger partial charge in [-0.1, -0.05) is 6.07 Å². The SMILES string of the molecule is COCC(C)NCCOc1cccc(F)c1. The summed E-state index contributed by atoms with van der Waals surface area (Å²) in [5.41, 5.74) is 0. The van der Waals surface area contributed by atoms with E-state index >= 15 is 0 Å². The normalized spacial score (nSPS) is 12.4. The molecule has 0 heterocycles. The Labute approximate surface area is 95.6 Å². The number of benzene rings is 1. The number of rotatable bonds is 7. The molecule has 0 bridgehead atoms. The Morgan fingerprint density at radius 3 is 2.94 bits per heavy atom. The topological polar surface area (TPSA) is 30.5 Å². The van der Waals surface area contributed by atoms with Gasteiger partial charge in [0.2, 0.25) is 0 Å². The van der Waals surface area contributed by atoms with Crippen molar-refractivity contribution in [3.8, 4) is 5.75 Å². The molecule has 0 radical (unpaired) electrons. The predicted octanol–water partition coefficient (Wildman–Crippen LogP) is 1.83. The summed E-state index contributed by atoms with van der Waals surface area (Å²) in [6, 6.07) is 6.43. The first-order valence-corrected chi connectivity index (χ1v) is 5.33. The fraction of sp³-hybridized carbons (Fsp3) is 0.500. The summed E-state index contributed by atoms with van der Waals surface area (Å²) in [7, 11) is 1.67. The number of ether oxygens (including phenoxy) is 2. The molecule has 0 amide bonds. The van der Waals surface area contributed by atoms with E-state index in [4.69, 9.17) is 9.47 Å². The van der Waals surface area contributed by atoms with E-state index in [1.807, 2.05) is 6.92 Å². The van der Waals surface area contributed by atoms with Crippen molar-refractivity contribution in [2.45, 2.75) is 13.0 Å². The summed E-state index contributed by atoms with van der Waals surface area (Å²) in [4.78, 5) is 0. The lowest BCUT2D eigenvalue weighted by Gasteiger charge is -2.13. The van der Waals surface area contributed by atoms with Crippen LogP contribution in [-0.4, -0.2) is 32.9 Å². The van der Waals surface area contributed by atoms with Crippen molar-refractivity contribution < 1.29 is 13.9 Å². The van der Waals surface area contributed by atoms with Crippen molar-refractivity contribution in [1.82, 2.24) is 5.32 Å². The summed E-state index contributed by atoms with van der Waals surface area (Å²) in [5, 5.41) is 3.22. The molecule has 1 N–H and O–H groups in total. The van der Waals surface area contributed by atoms with Gasteiger partial charge in [0.05, 0.1) is 6.61 Å². The Morgan fingerprint density at radius 1 is 1.44 bits per heavy atom. The first-order chi connectivity index (χ1) is 7.72. The Hall–Kier alpha value is -1.13. The number of hydrogen-bond donors (Lipinski definition) is 1. The molecule has 1 atom stereocenters. The molecule has 0 saturated heterocycles. The van der Waals surface area contributed by atoms with Gasteiger partial charge in [0.25, 0.3) is 0 Å². The first kappa shape index (κ1) is 12.9. The molecule has 0 spiro atoms. The second kappa shape index (κ2) is 7.19. The number of hydrogen-bond acceptors (Lipinski definition) is 3. The van der Waals surface area contributed by atoms with E-state index in [9.17, 15) is 4.39 Å². The van der Waals surface area contributed by atoms with Gasteiger partial charge in [-0.05, 0) is 19.1 Å². The predicted molar refractivity (Wildman–Crippen MR) is 61.2 cm³/mol. The summed E-state index contributed by atoms with van der Waals surface area (Å²) < 4.78 is 23.1. The van der Waals surface area contributed by atoms with Crippen LogP contribution in [0.5, 0.6) is 5.75 Å². The minimum absolute atomic E-state index is 0.279. The third-order valence-corrected chi connectivity index (χ3v) is 2.08. The molecule has 0 aliphatic carbocycles. The summed E-state index contributed by atoms with van der Waals surface area (Å²) in [6.45, 7) is 3.92. The second-order valence-corrected chi connectivity index (χ2v) is 3.62. The molecule has 16 heavy (non-hydrogen) atoms. The molecule has 0 aliphatic heterocycles. The Morgan fingerprint density at radius 2 is 2.25 bits per heavy atom. The molecule has 90 valence electrons. The van der Waals surface area contributed by atoms with Crippen molar-refractivity contribution in [2.24, 2.45) is 0 Å². The van der Waals surface area contributed by atoms with Crippen LogP contribution in [0, 0.1) is 5.82 Å². The minimum Gasteiger partial charge on any atom is -0.492 e. The number of halogens is 1. The lowest BCUT2D eigenvalue weighted by Crippen LogP contribution is -2.33. The summed E-state index contributed by atoms with van der Waals surface area (Å²) in [5.74, 6) is 0.277. The minimum atomic E-state index is -0.279. The van der Waals surface area contributed by atoms with Crippen LogP contribution < -0.4 is 10.1 Å². The van der Waals surface area contributed by atoms with Crippen molar-refractivity contribution in [3.05, 3.63) is 30.1 Å². The van der Waals surface area contributed by atoms with Gasteiger partial charge < -0.3 is 14.8 Å². The van der Waals surface area contributed by atoms with Crippen molar-refractivity contribution >= 4 is 0 Å². The van der Waals surface area contributed by atoms with Crippen LogP contribution in [0.25, 0.3) is 0 Å². The van der Waals surface area contributed by atoms with Crippen molar-refractivity contribution in [3.63, 3.8) is 0 Å². The quantitative estimate of drug-likeness (QED) is 0.721. The molecule has 1 aromatic rings. The molecule has 1 aromatic carbocycles. The molecular formula is C12H18FNO2. The molecule has 0 aromatic heterocycles. The zero-order valence-corrected chi connectivity index (χ0v) is 9.70. The van der Waals surface area contributed by atoms with Crippen LogP contribution in [0.4, 0.5) is 4.39 Å². The highest BCUT2D eigenvalue weighted by Gasteiger charge is 2.00. The van der Waals surface area contributed by atoms with Gasteiger partial charge in [-0.3, -0.25) is 0 Å². The zero-order valence-electron chi connectivity index (χ0n) is 9.70. The van der Waals surface area contributed by atoms with E-state index in [1.165, 1.54) is 12.1 Å². The highest BCUT2D eigenvalue weighted by Crippen LogP contribution is 2.11. The molecule has 0 fully saturated rings. The monoisotopic (exact) mass is 227 g/mol. The van der Waals surface area contributed by atoms with Crippen molar-refractivity contribution in [1.29, 1.82) is 0 Å². The molecule has 1 rings (SSSR count). The number of methoxy groups -OCH3 is 1. The van der Waals surface area contributed by atoms with Crippen LogP contribution in [0.15, 0.2) is 24.3 Å². The van der Waals surface area contributed by atoms with Gasteiger partial charge in [0, 0.05) is 25.8 Å². The van der Waals surface area contributed by atoms with E-state index in [-0.39, 0.29) is 5.82 Å². The van der Waals surface area contributed by atoms with Crippen LogP contribution in [0.1, 0.15) is 6.92 Å². The maximum atomic E-state index is 12.8. The van der Waals surface area contributed by atoms with Crippen LogP contribution in [-0.2, 0) is 4.74 Å². The summed E-state index contributed by atoms with van der Waals surface area (Å²) >= 11 is 0. The highest BCUT2D eigenvalue weighted by molar-refractivity contribution is 5.22. The average molecular weight is 227 g/mol. The third kappa shape index (κ3) is 5.09. The maximum absolute atomic E-state index is 12.8. The lowest BCUT2D eigenvalue weighted by molar-refractivity contribution is 0.169. The van der Waals surface area contributed by atoms with Gasteiger partial charge in [0.1, 0.15) is 18.2 Å². The molecule has 4 heteroatoms. The zero-order chi connectivity index (χ0) is 11.8. The fourth-order valence-electron chi connectivity index (χ4n) is 1.34. The van der Waals surface area contributed by atoms with Crippen LogP contribution >= 0.6 is 0 Å². The smallest absolute Gasteiger partial charge is 0.126 e. The van der Waals surface area contributed by atoms with E-state index in [0.29, 0.717) is 31.5 Å². The third-order valence-electron chi connectivity index (χ3n) is 2.08. The summed E-state index contributed by atoms with van der Waals surface area (Å²) in [6.07, 6.45) is 0. The van der Waals surface area contributed by atoms with E-state index in [2.05, 4.69) is 5.32 Å². The van der Waals surface area contributed by atoms with Gasteiger partial charge in [-0.2, -0.15) is 0 Å². The van der Waals surface area contributed by atoms with Gasteiger partial charge >= 0.3 is 0 Å². The molecular weight excluding hydrogens is 209 g/mol. The van der Waals surface area contributed by atoms with Crippen molar-refractivity contribution in [2.75, 3.05) is 26.9 Å². The van der Waals surface area contributed by atoms with Crippen LogP contribution in [0.3, 0.4) is 0 Å². The van der Waals surface area contributed by atoms with Gasteiger partial charge in [-0.25, -0.2) is 4.39 Å². The lowest BCUT2D eigenvalue weighted by atomic mass is 10.3. The Balaban J connectivity index is 2.16. The van der Waals surface area contributed by atoms with E-state index in [0.717, 1.165) is 0 Å². The molecule has 1 unspecified atom stereocenters. The highest BCUT2D eigenvalue weighted by atomic mass is 19.1. The maximum Gasteiger partial charge on any atom is 0.126 e. The van der Waals surface area contributed by atoms with E-state index < -0.39 is 0 Å². The largest absolute Gasteiger partial charge is 0.492 e. The molecule has 0 aliphatic rings.